The molecule has 0 bridgehead atoms. The first-order chi connectivity index (χ1) is 10.8. The van der Waals surface area contributed by atoms with Crippen molar-refractivity contribution >= 4 is 11.6 Å². The number of para-hydroxylation sites is 1. The van der Waals surface area contributed by atoms with Gasteiger partial charge in [-0.15, -0.1) is 0 Å². The maximum atomic E-state index is 4.79. The van der Waals surface area contributed by atoms with Crippen LogP contribution in [0.2, 0.25) is 0 Å². The van der Waals surface area contributed by atoms with Crippen molar-refractivity contribution < 1.29 is 0 Å². The quantitative estimate of drug-likeness (QED) is 0.699. The zero-order chi connectivity index (χ0) is 15.4. The SMILES string of the molecule is CCNC(=NCc1ccc(C)nc1)N1CCc2ccccc21. The van der Waals surface area contributed by atoms with Crippen LogP contribution >= 0.6 is 0 Å². The molecule has 0 unspecified atom stereocenters. The van der Waals surface area contributed by atoms with Crippen LogP contribution in [0.1, 0.15) is 23.7 Å². The number of aromatic nitrogens is 1. The monoisotopic (exact) mass is 294 g/mol. The molecule has 2 heterocycles. The minimum absolute atomic E-state index is 0.647. The summed E-state index contributed by atoms with van der Waals surface area (Å²) in [5, 5.41) is 3.40. The molecule has 1 aliphatic rings. The average Bonchev–Trinajstić information content (AvgIpc) is 2.97. The fourth-order valence-corrected chi connectivity index (χ4v) is 2.71. The third-order valence-electron chi connectivity index (χ3n) is 3.86. The minimum Gasteiger partial charge on any atom is -0.356 e. The van der Waals surface area contributed by atoms with Crippen LogP contribution in [-0.4, -0.2) is 24.0 Å². The molecule has 0 spiro atoms. The summed E-state index contributed by atoms with van der Waals surface area (Å²) >= 11 is 0. The summed E-state index contributed by atoms with van der Waals surface area (Å²) in [5.74, 6) is 0.952. The van der Waals surface area contributed by atoms with E-state index in [1.165, 1.54) is 11.3 Å². The van der Waals surface area contributed by atoms with Gasteiger partial charge in [-0.25, -0.2) is 4.99 Å². The molecule has 0 saturated heterocycles. The second-order valence-corrected chi connectivity index (χ2v) is 5.51. The van der Waals surface area contributed by atoms with Crippen LogP contribution in [0.5, 0.6) is 0 Å². The highest BCUT2D eigenvalue weighted by Gasteiger charge is 2.22. The van der Waals surface area contributed by atoms with Gasteiger partial charge in [0, 0.05) is 30.7 Å². The van der Waals surface area contributed by atoms with Gasteiger partial charge in [0.1, 0.15) is 0 Å². The largest absolute Gasteiger partial charge is 0.356 e. The topological polar surface area (TPSA) is 40.5 Å². The molecule has 0 radical (unpaired) electrons. The maximum absolute atomic E-state index is 4.79. The lowest BCUT2D eigenvalue weighted by atomic mass is 10.2. The second-order valence-electron chi connectivity index (χ2n) is 5.51. The Hall–Kier alpha value is -2.36. The Labute approximate surface area is 131 Å². The lowest BCUT2D eigenvalue weighted by molar-refractivity contribution is 0.880. The number of pyridine rings is 1. The van der Waals surface area contributed by atoms with Gasteiger partial charge in [-0.2, -0.15) is 0 Å². The van der Waals surface area contributed by atoms with Crippen LogP contribution in [0.25, 0.3) is 0 Å². The molecule has 0 amide bonds. The van der Waals surface area contributed by atoms with Crippen molar-refractivity contribution in [1.82, 2.24) is 10.3 Å². The smallest absolute Gasteiger partial charge is 0.198 e. The number of hydrogen-bond donors (Lipinski definition) is 1. The first-order valence-corrected chi connectivity index (χ1v) is 7.83. The third kappa shape index (κ3) is 3.11. The van der Waals surface area contributed by atoms with Gasteiger partial charge in [-0.05, 0) is 43.5 Å². The molecule has 0 aliphatic carbocycles. The molecule has 22 heavy (non-hydrogen) atoms. The molecule has 1 aromatic carbocycles. The van der Waals surface area contributed by atoms with Gasteiger partial charge in [0.25, 0.3) is 0 Å². The summed E-state index contributed by atoms with van der Waals surface area (Å²) in [6.07, 6.45) is 2.98. The molecule has 0 saturated carbocycles. The van der Waals surface area contributed by atoms with Crippen molar-refractivity contribution in [3.05, 3.63) is 59.4 Å². The summed E-state index contributed by atoms with van der Waals surface area (Å²) in [6, 6.07) is 12.7. The predicted molar refractivity (Wildman–Crippen MR) is 91.3 cm³/mol. The molecule has 1 aromatic heterocycles. The number of anilines is 1. The molecule has 4 nitrogen and oxygen atoms in total. The summed E-state index contributed by atoms with van der Waals surface area (Å²) in [5.41, 5.74) is 4.83. The number of benzene rings is 1. The number of fused-ring (bicyclic) bond motifs is 1. The highest BCUT2D eigenvalue weighted by atomic mass is 15.3. The van der Waals surface area contributed by atoms with Crippen molar-refractivity contribution in [3.8, 4) is 0 Å². The number of hydrogen-bond acceptors (Lipinski definition) is 2. The van der Waals surface area contributed by atoms with E-state index in [9.17, 15) is 0 Å². The maximum Gasteiger partial charge on any atom is 0.198 e. The van der Waals surface area contributed by atoms with Crippen LogP contribution in [-0.2, 0) is 13.0 Å². The Bertz CT molecular complexity index is 661. The fourth-order valence-electron chi connectivity index (χ4n) is 2.71. The lowest BCUT2D eigenvalue weighted by Crippen LogP contribution is -2.40. The van der Waals surface area contributed by atoms with Crippen LogP contribution in [0.15, 0.2) is 47.6 Å². The van der Waals surface area contributed by atoms with E-state index in [-0.39, 0.29) is 0 Å². The zero-order valence-corrected chi connectivity index (χ0v) is 13.2. The number of nitrogens with zero attached hydrogens (tertiary/aromatic N) is 3. The number of aryl methyl sites for hydroxylation is 1. The highest BCUT2D eigenvalue weighted by molar-refractivity contribution is 5.97. The minimum atomic E-state index is 0.647. The molecule has 3 rings (SSSR count). The zero-order valence-electron chi connectivity index (χ0n) is 13.2. The van der Waals surface area contributed by atoms with Crippen molar-refractivity contribution in [3.63, 3.8) is 0 Å². The van der Waals surface area contributed by atoms with Gasteiger partial charge in [0.05, 0.1) is 6.54 Å². The Kier molecular flexibility index (Phi) is 4.37. The number of aliphatic imine (C=N–C) groups is 1. The van der Waals surface area contributed by atoms with Crippen molar-refractivity contribution in [2.75, 3.05) is 18.0 Å². The van der Waals surface area contributed by atoms with Gasteiger partial charge in [-0.3, -0.25) is 4.98 Å². The van der Waals surface area contributed by atoms with E-state index in [2.05, 4.69) is 52.5 Å². The van der Waals surface area contributed by atoms with Gasteiger partial charge < -0.3 is 10.2 Å². The Morgan fingerprint density at radius 3 is 2.91 bits per heavy atom. The third-order valence-corrected chi connectivity index (χ3v) is 3.86. The van der Waals surface area contributed by atoms with Gasteiger partial charge in [-0.1, -0.05) is 24.3 Å². The molecule has 4 heteroatoms. The second kappa shape index (κ2) is 6.60. The van der Waals surface area contributed by atoms with E-state index in [4.69, 9.17) is 4.99 Å². The fraction of sp³-hybridized carbons (Fsp3) is 0.333. The summed E-state index contributed by atoms with van der Waals surface area (Å²) in [6.45, 7) is 6.60. The summed E-state index contributed by atoms with van der Waals surface area (Å²) in [4.78, 5) is 11.4. The standard InChI is InChI=1S/C18H22N4/c1-3-19-18(21-13-15-9-8-14(2)20-12-15)22-11-10-16-6-4-5-7-17(16)22/h4-9,12H,3,10-11,13H2,1-2H3,(H,19,21). The highest BCUT2D eigenvalue weighted by Crippen LogP contribution is 2.27. The van der Waals surface area contributed by atoms with E-state index >= 15 is 0 Å². The molecule has 0 fully saturated rings. The molecular weight excluding hydrogens is 272 g/mol. The van der Waals surface area contributed by atoms with Gasteiger partial charge >= 0.3 is 0 Å². The molecule has 1 N–H and O–H groups in total. The Balaban J connectivity index is 1.81. The molecule has 114 valence electrons. The molecule has 1 aliphatic heterocycles. The number of nitrogens with one attached hydrogen (secondary N) is 1. The first-order valence-electron chi connectivity index (χ1n) is 7.83. The predicted octanol–water partition coefficient (Wildman–Crippen LogP) is 2.92. The van der Waals surface area contributed by atoms with E-state index in [0.29, 0.717) is 6.54 Å². The average molecular weight is 294 g/mol. The molecule has 0 atom stereocenters. The summed E-state index contributed by atoms with van der Waals surface area (Å²) in [7, 11) is 0. The van der Waals surface area contributed by atoms with E-state index < -0.39 is 0 Å². The van der Waals surface area contributed by atoms with Gasteiger partial charge in [0.2, 0.25) is 0 Å². The van der Waals surface area contributed by atoms with E-state index in [1.54, 1.807) is 0 Å². The van der Waals surface area contributed by atoms with E-state index in [1.807, 2.05) is 19.2 Å². The molecule has 2 aromatic rings. The van der Waals surface area contributed by atoms with E-state index in [0.717, 1.165) is 36.7 Å². The Morgan fingerprint density at radius 2 is 2.14 bits per heavy atom. The first kappa shape index (κ1) is 14.6. The van der Waals surface area contributed by atoms with Crippen molar-refractivity contribution in [2.45, 2.75) is 26.8 Å². The molecular formula is C18H22N4. The van der Waals surface area contributed by atoms with Crippen molar-refractivity contribution in [2.24, 2.45) is 4.99 Å². The number of guanidine groups is 1. The summed E-state index contributed by atoms with van der Waals surface area (Å²) < 4.78 is 0. The lowest BCUT2D eigenvalue weighted by Gasteiger charge is -2.22. The van der Waals surface area contributed by atoms with Crippen LogP contribution in [0.3, 0.4) is 0 Å². The number of rotatable bonds is 3. The van der Waals surface area contributed by atoms with Crippen LogP contribution in [0.4, 0.5) is 5.69 Å². The van der Waals surface area contributed by atoms with Crippen molar-refractivity contribution in [1.29, 1.82) is 0 Å². The Morgan fingerprint density at radius 1 is 1.27 bits per heavy atom. The van der Waals surface area contributed by atoms with Crippen LogP contribution in [0, 0.1) is 6.92 Å². The normalized spacial score (nSPS) is 14.1. The van der Waals surface area contributed by atoms with Gasteiger partial charge in [0.15, 0.2) is 5.96 Å². The van der Waals surface area contributed by atoms with Crippen LogP contribution < -0.4 is 10.2 Å².